The van der Waals surface area contributed by atoms with Crippen molar-refractivity contribution in [2.45, 2.75) is 38.1 Å². The van der Waals surface area contributed by atoms with Crippen molar-refractivity contribution in [3.8, 4) is 0 Å². The number of anilines is 1. The lowest BCUT2D eigenvalue weighted by atomic mass is 9.88. The third kappa shape index (κ3) is 4.93. The Balaban J connectivity index is 1.37. The van der Waals surface area contributed by atoms with Crippen molar-refractivity contribution in [3.05, 3.63) is 65.5 Å². The number of piperazine rings is 1. The third-order valence-electron chi connectivity index (χ3n) is 6.70. The van der Waals surface area contributed by atoms with Gasteiger partial charge in [-0.25, -0.2) is 9.18 Å². The lowest BCUT2D eigenvalue weighted by molar-refractivity contribution is 0.0643. The van der Waals surface area contributed by atoms with Crippen molar-refractivity contribution in [1.82, 2.24) is 15.1 Å². The van der Waals surface area contributed by atoms with Crippen LogP contribution in [0.4, 0.5) is 14.9 Å². The Morgan fingerprint density at radius 2 is 1.56 bits per heavy atom. The summed E-state index contributed by atoms with van der Waals surface area (Å²) in [6, 6.07) is 13.1. The highest BCUT2D eigenvalue weighted by Crippen LogP contribution is 2.38. The minimum atomic E-state index is -0.478. The number of rotatable bonds is 5. The van der Waals surface area contributed by atoms with Crippen molar-refractivity contribution in [1.29, 1.82) is 0 Å². The Labute approximate surface area is 188 Å². The molecule has 3 amide bonds. The van der Waals surface area contributed by atoms with Crippen LogP contribution in [0.1, 0.15) is 48.5 Å². The van der Waals surface area contributed by atoms with Crippen LogP contribution in [0.2, 0.25) is 0 Å². The van der Waals surface area contributed by atoms with E-state index in [0.29, 0.717) is 11.3 Å². The Hall–Kier alpha value is -2.93. The van der Waals surface area contributed by atoms with E-state index in [1.165, 1.54) is 12.1 Å². The molecule has 6 nitrogen and oxygen atoms in total. The van der Waals surface area contributed by atoms with Gasteiger partial charge in [0.15, 0.2) is 0 Å². The molecule has 0 bridgehead atoms. The summed E-state index contributed by atoms with van der Waals surface area (Å²) in [4.78, 5) is 29.7. The predicted molar refractivity (Wildman–Crippen MR) is 123 cm³/mol. The van der Waals surface area contributed by atoms with E-state index in [4.69, 9.17) is 0 Å². The number of nitrogens with one attached hydrogen (secondary N) is 2. The number of nitrogens with zero attached hydrogens (tertiary/aromatic N) is 2. The highest BCUT2D eigenvalue weighted by atomic mass is 19.1. The molecular weight excluding hydrogens is 407 g/mol. The van der Waals surface area contributed by atoms with Crippen molar-refractivity contribution in [2.24, 2.45) is 0 Å². The van der Waals surface area contributed by atoms with Crippen LogP contribution in [0, 0.1) is 5.82 Å². The van der Waals surface area contributed by atoms with E-state index in [1.807, 2.05) is 4.90 Å². The van der Waals surface area contributed by atoms with Gasteiger partial charge in [0.1, 0.15) is 5.82 Å². The summed E-state index contributed by atoms with van der Waals surface area (Å²) in [6.45, 7) is 6.41. The summed E-state index contributed by atoms with van der Waals surface area (Å²) in [5.41, 5.74) is 1.70. The van der Waals surface area contributed by atoms with Gasteiger partial charge in [-0.05, 0) is 61.3 Å². The van der Waals surface area contributed by atoms with Crippen LogP contribution in [0.3, 0.4) is 0 Å². The summed E-state index contributed by atoms with van der Waals surface area (Å²) in [5, 5.41) is 6.00. The summed E-state index contributed by atoms with van der Waals surface area (Å²) in [6.07, 6.45) is 3.68. The molecule has 0 atom stereocenters. The summed E-state index contributed by atoms with van der Waals surface area (Å²) in [7, 11) is 0. The van der Waals surface area contributed by atoms with Gasteiger partial charge in [0.25, 0.3) is 5.91 Å². The van der Waals surface area contributed by atoms with Crippen molar-refractivity contribution < 1.29 is 14.0 Å². The molecule has 32 heavy (non-hydrogen) atoms. The van der Waals surface area contributed by atoms with Crippen molar-refractivity contribution >= 4 is 17.6 Å². The zero-order valence-electron chi connectivity index (χ0n) is 18.6. The zero-order chi connectivity index (χ0) is 22.6. The van der Waals surface area contributed by atoms with E-state index in [1.54, 1.807) is 36.4 Å². The molecule has 0 aromatic heterocycles. The number of likely N-dealkylation sites (N-methyl/N-ethyl adjacent to an activating group) is 1. The van der Waals surface area contributed by atoms with E-state index in [0.717, 1.165) is 64.0 Å². The van der Waals surface area contributed by atoms with Crippen LogP contribution in [-0.4, -0.2) is 54.5 Å². The average molecular weight is 439 g/mol. The number of urea groups is 1. The molecule has 7 heteroatoms. The quantitative estimate of drug-likeness (QED) is 0.736. The van der Waals surface area contributed by atoms with Gasteiger partial charge in [-0.3, -0.25) is 4.79 Å². The second kappa shape index (κ2) is 9.69. The largest absolute Gasteiger partial charge is 0.336 e. The Morgan fingerprint density at radius 1 is 0.938 bits per heavy atom. The molecule has 2 aromatic rings. The lowest BCUT2D eigenvalue weighted by Gasteiger charge is -2.34. The van der Waals surface area contributed by atoms with Gasteiger partial charge in [0, 0.05) is 37.4 Å². The highest BCUT2D eigenvalue weighted by molar-refractivity contribution is 5.95. The number of hydrogen-bond acceptors (Lipinski definition) is 3. The molecule has 0 radical (unpaired) electrons. The predicted octanol–water partition coefficient (Wildman–Crippen LogP) is 4.19. The monoisotopic (exact) mass is 438 g/mol. The average Bonchev–Trinajstić information content (AvgIpc) is 3.29. The van der Waals surface area contributed by atoms with Gasteiger partial charge in [-0.1, -0.05) is 31.9 Å². The van der Waals surface area contributed by atoms with Crippen LogP contribution in [0.5, 0.6) is 0 Å². The SMILES string of the molecule is CCN1CCN(C(=O)c2ccc(NC(=O)NC3(c4ccc(F)cc4)CCCC3)cc2)CC1. The van der Waals surface area contributed by atoms with Crippen molar-refractivity contribution in [2.75, 3.05) is 38.0 Å². The topological polar surface area (TPSA) is 64.7 Å². The maximum absolute atomic E-state index is 13.4. The summed E-state index contributed by atoms with van der Waals surface area (Å²) in [5.74, 6) is -0.258. The first-order chi connectivity index (χ1) is 15.5. The number of benzene rings is 2. The summed E-state index contributed by atoms with van der Waals surface area (Å²) < 4.78 is 13.4. The summed E-state index contributed by atoms with van der Waals surface area (Å²) >= 11 is 0. The molecule has 170 valence electrons. The number of amides is 3. The number of halogens is 1. The van der Waals surface area contributed by atoms with Gasteiger partial charge in [0.2, 0.25) is 0 Å². The van der Waals surface area contributed by atoms with Gasteiger partial charge in [-0.2, -0.15) is 0 Å². The van der Waals surface area contributed by atoms with Crippen LogP contribution in [0.25, 0.3) is 0 Å². The highest BCUT2D eigenvalue weighted by Gasteiger charge is 2.37. The molecule has 0 spiro atoms. The minimum absolute atomic E-state index is 0.0259. The Bertz CT molecular complexity index is 931. The van der Waals surface area contributed by atoms with Gasteiger partial charge >= 0.3 is 6.03 Å². The smallest absolute Gasteiger partial charge is 0.319 e. The van der Waals surface area contributed by atoms with E-state index in [2.05, 4.69) is 22.5 Å². The third-order valence-corrected chi connectivity index (χ3v) is 6.70. The molecule has 1 aliphatic carbocycles. The van der Waals surface area contributed by atoms with Crippen LogP contribution < -0.4 is 10.6 Å². The van der Waals surface area contributed by atoms with E-state index in [-0.39, 0.29) is 17.8 Å². The molecule has 1 saturated heterocycles. The number of hydrogen-bond donors (Lipinski definition) is 2. The molecule has 0 unspecified atom stereocenters. The lowest BCUT2D eigenvalue weighted by Crippen LogP contribution is -2.48. The van der Waals surface area contributed by atoms with E-state index >= 15 is 0 Å². The molecular formula is C25H31FN4O2. The first-order valence-corrected chi connectivity index (χ1v) is 11.5. The van der Waals surface area contributed by atoms with Gasteiger partial charge < -0.3 is 20.4 Å². The Morgan fingerprint density at radius 3 is 2.16 bits per heavy atom. The molecule has 2 N–H and O–H groups in total. The number of carbonyl (C=O) groups excluding carboxylic acids is 2. The second-order valence-corrected chi connectivity index (χ2v) is 8.68. The van der Waals surface area contributed by atoms with E-state index < -0.39 is 5.54 Å². The molecule has 2 aromatic carbocycles. The molecule has 2 fully saturated rings. The number of carbonyl (C=O) groups is 2. The Kier molecular flexibility index (Phi) is 6.74. The zero-order valence-corrected chi connectivity index (χ0v) is 18.6. The fourth-order valence-electron chi connectivity index (χ4n) is 4.76. The normalized spacial score (nSPS) is 18.4. The maximum atomic E-state index is 13.4. The first-order valence-electron chi connectivity index (χ1n) is 11.5. The minimum Gasteiger partial charge on any atom is -0.336 e. The van der Waals surface area contributed by atoms with Gasteiger partial charge in [-0.15, -0.1) is 0 Å². The van der Waals surface area contributed by atoms with Crippen LogP contribution >= 0.6 is 0 Å². The fraction of sp³-hybridized carbons (Fsp3) is 0.440. The van der Waals surface area contributed by atoms with Crippen molar-refractivity contribution in [3.63, 3.8) is 0 Å². The van der Waals surface area contributed by atoms with Gasteiger partial charge in [0.05, 0.1) is 5.54 Å². The molecule has 2 aliphatic rings. The molecule has 4 rings (SSSR count). The standard InChI is InChI=1S/C25H31FN4O2/c1-2-29-15-17-30(18-16-29)23(31)19-5-11-22(12-6-19)27-24(32)28-25(13-3-4-14-25)20-7-9-21(26)10-8-20/h5-12H,2-4,13-18H2,1H3,(H2,27,28,32). The van der Waals surface area contributed by atoms with E-state index in [9.17, 15) is 14.0 Å². The molecule has 1 saturated carbocycles. The molecule has 1 heterocycles. The van der Waals surface area contributed by atoms with Crippen LogP contribution in [-0.2, 0) is 5.54 Å². The van der Waals surface area contributed by atoms with Crippen LogP contribution in [0.15, 0.2) is 48.5 Å². The second-order valence-electron chi connectivity index (χ2n) is 8.68. The fourth-order valence-corrected chi connectivity index (χ4v) is 4.76. The maximum Gasteiger partial charge on any atom is 0.319 e. The first kappa shape index (κ1) is 22.3. The molecule has 1 aliphatic heterocycles.